The van der Waals surface area contributed by atoms with Gasteiger partial charge in [0.05, 0.1) is 10.6 Å². The van der Waals surface area contributed by atoms with Crippen LogP contribution in [0.3, 0.4) is 0 Å². The number of hydrogen-bond donors (Lipinski definition) is 0. The highest BCUT2D eigenvalue weighted by molar-refractivity contribution is 9.10. The van der Waals surface area contributed by atoms with E-state index in [0.717, 1.165) is 27.0 Å². The van der Waals surface area contributed by atoms with E-state index in [2.05, 4.69) is 15.9 Å². The van der Waals surface area contributed by atoms with Crippen molar-refractivity contribution in [1.29, 1.82) is 0 Å². The van der Waals surface area contributed by atoms with Gasteiger partial charge in [-0.25, -0.2) is 0 Å². The van der Waals surface area contributed by atoms with E-state index in [-0.39, 0.29) is 11.6 Å². The fourth-order valence-corrected chi connectivity index (χ4v) is 3.42. The van der Waals surface area contributed by atoms with Gasteiger partial charge in [-0.2, -0.15) is 0 Å². The van der Waals surface area contributed by atoms with Crippen molar-refractivity contribution in [1.82, 2.24) is 0 Å². The Morgan fingerprint density at radius 1 is 0.897 bits per heavy atom. The third-order valence-corrected chi connectivity index (χ3v) is 5.09. The van der Waals surface area contributed by atoms with Crippen molar-refractivity contribution in [2.24, 2.45) is 0 Å². The van der Waals surface area contributed by atoms with E-state index in [0.29, 0.717) is 5.57 Å². The van der Waals surface area contributed by atoms with Gasteiger partial charge in [0, 0.05) is 27.9 Å². The third kappa shape index (κ3) is 3.88. The molecule has 0 unspecified atom stereocenters. The molecule has 0 atom stereocenters. The largest absolute Gasteiger partial charge is 0.276 e. The first-order chi connectivity index (χ1) is 14.0. The minimum Gasteiger partial charge on any atom is -0.276 e. The van der Waals surface area contributed by atoms with Crippen LogP contribution in [-0.2, 0) is 4.79 Å². The molecule has 1 amide bonds. The molecule has 6 heteroatoms. The number of hydrogen-bond acceptors (Lipinski definition) is 3. The van der Waals surface area contributed by atoms with E-state index < -0.39 is 4.92 Å². The standard InChI is InChI=1S/C23H15BrN2O3/c24-19-8-12-20(13-9-19)25-22(17-4-2-1-3-5-17)15-18(23(25)27)14-16-6-10-21(11-7-16)26(28)29/h1-15H/b18-14+. The predicted molar refractivity (Wildman–Crippen MR) is 117 cm³/mol. The highest BCUT2D eigenvalue weighted by Gasteiger charge is 2.30. The molecule has 29 heavy (non-hydrogen) atoms. The SMILES string of the molecule is O=C1/C(=C/c2ccc([N+](=O)[O-])cc2)C=C(c2ccccc2)N1c1ccc(Br)cc1. The number of carbonyl (C=O) groups excluding carboxylic acids is 1. The van der Waals surface area contributed by atoms with Gasteiger partial charge < -0.3 is 0 Å². The number of rotatable bonds is 4. The minimum absolute atomic E-state index is 0.0157. The van der Waals surface area contributed by atoms with Crippen molar-refractivity contribution in [3.8, 4) is 0 Å². The van der Waals surface area contributed by atoms with Gasteiger partial charge in [-0.1, -0.05) is 46.3 Å². The Morgan fingerprint density at radius 2 is 1.55 bits per heavy atom. The van der Waals surface area contributed by atoms with Crippen molar-refractivity contribution in [2.45, 2.75) is 0 Å². The predicted octanol–water partition coefficient (Wildman–Crippen LogP) is 5.83. The lowest BCUT2D eigenvalue weighted by atomic mass is 10.1. The summed E-state index contributed by atoms with van der Waals surface area (Å²) in [5.74, 6) is -0.149. The van der Waals surface area contributed by atoms with Gasteiger partial charge in [-0.3, -0.25) is 19.8 Å². The number of nitro groups is 1. The van der Waals surface area contributed by atoms with E-state index in [1.807, 2.05) is 60.7 Å². The first-order valence-corrected chi connectivity index (χ1v) is 9.65. The van der Waals surface area contributed by atoms with E-state index in [1.165, 1.54) is 12.1 Å². The van der Waals surface area contributed by atoms with Crippen molar-refractivity contribution in [2.75, 3.05) is 4.90 Å². The molecule has 0 saturated heterocycles. The lowest BCUT2D eigenvalue weighted by Crippen LogP contribution is -2.24. The molecule has 0 bridgehead atoms. The second-order valence-corrected chi connectivity index (χ2v) is 7.38. The molecule has 0 fully saturated rings. The molecule has 3 aromatic carbocycles. The Hall–Kier alpha value is -3.51. The maximum atomic E-state index is 13.2. The second-order valence-electron chi connectivity index (χ2n) is 6.46. The first kappa shape index (κ1) is 18.8. The fourth-order valence-electron chi connectivity index (χ4n) is 3.16. The summed E-state index contributed by atoms with van der Waals surface area (Å²) in [6.45, 7) is 0. The molecule has 3 aromatic rings. The molecule has 0 spiro atoms. The van der Waals surface area contributed by atoms with Crippen molar-refractivity contribution in [3.63, 3.8) is 0 Å². The summed E-state index contributed by atoms with van der Waals surface area (Å²) in [5, 5.41) is 10.8. The summed E-state index contributed by atoms with van der Waals surface area (Å²) < 4.78 is 0.930. The Kier molecular flexibility index (Phi) is 5.10. The van der Waals surface area contributed by atoms with Crippen LogP contribution >= 0.6 is 15.9 Å². The molecule has 0 radical (unpaired) electrons. The highest BCUT2D eigenvalue weighted by Crippen LogP contribution is 2.35. The van der Waals surface area contributed by atoms with Gasteiger partial charge in [-0.15, -0.1) is 0 Å². The van der Waals surface area contributed by atoms with Gasteiger partial charge in [0.2, 0.25) is 0 Å². The minimum atomic E-state index is -0.444. The van der Waals surface area contributed by atoms with Crippen molar-refractivity contribution >= 4 is 45.0 Å². The zero-order valence-corrected chi connectivity index (χ0v) is 16.7. The maximum Gasteiger partial charge on any atom is 0.269 e. The van der Waals surface area contributed by atoms with Crippen LogP contribution in [-0.4, -0.2) is 10.8 Å². The molecule has 1 aliphatic heterocycles. The lowest BCUT2D eigenvalue weighted by molar-refractivity contribution is -0.384. The molecule has 5 nitrogen and oxygen atoms in total. The monoisotopic (exact) mass is 446 g/mol. The maximum absolute atomic E-state index is 13.2. The van der Waals surface area contributed by atoms with Crippen LogP contribution in [0.4, 0.5) is 11.4 Å². The summed E-state index contributed by atoms with van der Waals surface area (Å²) >= 11 is 3.42. The van der Waals surface area contributed by atoms with Gasteiger partial charge in [0.15, 0.2) is 0 Å². The van der Waals surface area contributed by atoms with Crippen LogP contribution in [0.5, 0.6) is 0 Å². The fraction of sp³-hybridized carbons (Fsp3) is 0. The Bertz CT molecular complexity index is 1140. The van der Waals surface area contributed by atoms with Crippen molar-refractivity contribution in [3.05, 3.63) is 116 Å². The Balaban J connectivity index is 1.77. The molecule has 142 valence electrons. The van der Waals surface area contributed by atoms with E-state index in [4.69, 9.17) is 0 Å². The van der Waals surface area contributed by atoms with E-state index in [9.17, 15) is 14.9 Å². The summed E-state index contributed by atoms with van der Waals surface area (Å²) in [7, 11) is 0. The smallest absolute Gasteiger partial charge is 0.269 e. The van der Waals surface area contributed by atoms with E-state index in [1.54, 1.807) is 23.1 Å². The molecule has 0 N–H and O–H groups in total. The van der Waals surface area contributed by atoms with E-state index >= 15 is 0 Å². The van der Waals surface area contributed by atoms with Gasteiger partial charge in [0.1, 0.15) is 0 Å². The van der Waals surface area contributed by atoms with Crippen LogP contribution in [0.25, 0.3) is 11.8 Å². The third-order valence-electron chi connectivity index (χ3n) is 4.56. The number of amides is 1. The molecular weight excluding hydrogens is 432 g/mol. The molecule has 0 aliphatic carbocycles. The Morgan fingerprint density at radius 3 is 2.17 bits per heavy atom. The van der Waals surface area contributed by atoms with Gasteiger partial charge in [0.25, 0.3) is 11.6 Å². The number of anilines is 1. The number of nitro benzene ring substituents is 1. The Labute approximate surface area is 175 Å². The van der Waals surface area contributed by atoms with Gasteiger partial charge in [-0.05, 0) is 59.7 Å². The number of nitrogens with zero attached hydrogens (tertiary/aromatic N) is 2. The lowest BCUT2D eigenvalue weighted by Gasteiger charge is -2.21. The molecule has 1 aliphatic rings. The van der Waals surface area contributed by atoms with Crippen LogP contribution in [0.2, 0.25) is 0 Å². The average Bonchev–Trinajstić information content (AvgIpc) is 3.06. The van der Waals surface area contributed by atoms with Crippen LogP contribution in [0, 0.1) is 10.1 Å². The average molecular weight is 447 g/mol. The van der Waals surface area contributed by atoms with Crippen LogP contribution in [0.15, 0.2) is 95.0 Å². The second kappa shape index (κ2) is 7.85. The highest BCUT2D eigenvalue weighted by atomic mass is 79.9. The first-order valence-electron chi connectivity index (χ1n) is 8.86. The normalized spacial score (nSPS) is 14.9. The summed E-state index contributed by atoms with van der Waals surface area (Å²) in [5.41, 5.74) is 3.73. The van der Waals surface area contributed by atoms with Gasteiger partial charge >= 0.3 is 0 Å². The number of benzene rings is 3. The molecular formula is C23H15BrN2O3. The molecule has 4 rings (SSSR count). The van der Waals surface area contributed by atoms with Crippen LogP contribution in [0.1, 0.15) is 11.1 Å². The summed E-state index contributed by atoms with van der Waals surface area (Å²) in [4.78, 5) is 25.3. The zero-order valence-electron chi connectivity index (χ0n) is 15.2. The van der Waals surface area contributed by atoms with Crippen LogP contribution < -0.4 is 4.90 Å². The number of non-ortho nitro benzene ring substituents is 1. The molecule has 1 heterocycles. The summed E-state index contributed by atoms with van der Waals surface area (Å²) in [6, 6.07) is 23.4. The zero-order chi connectivity index (χ0) is 20.4. The number of halogens is 1. The summed E-state index contributed by atoms with van der Waals surface area (Å²) in [6.07, 6.45) is 3.59. The number of carbonyl (C=O) groups is 1. The topological polar surface area (TPSA) is 63.4 Å². The molecule has 0 saturated carbocycles. The van der Waals surface area contributed by atoms with Crippen molar-refractivity contribution < 1.29 is 9.72 Å². The quantitative estimate of drug-likeness (QED) is 0.287. The molecule has 0 aromatic heterocycles.